The van der Waals surface area contributed by atoms with Crippen LogP contribution in [0.2, 0.25) is 0 Å². The Morgan fingerprint density at radius 2 is 1.79 bits per heavy atom. The summed E-state index contributed by atoms with van der Waals surface area (Å²) in [5, 5.41) is 4.11. The molecule has 4 rings (SSSR count). The molecule has 5 heteroatoms. The Labute approximate surface area is 164 Å². The van der Waals surface area contributed by atoms with Gasteiger partial charge in [0, 0.05) is 17.4 Å². The third-order valence-corrected chi connectivity index (χ3v) is 5.13. The number of nitrogens with one attached hydrogen (secondary N) is 1. The second-order valence-corrected chi connectivity index (χ2v) is 7.50. The molecule has 0 saturated carbocycles. The van der Waals surface area contributed by atoms with E-state index in [-0.39, 0.29) is 17.9 Å². The van der Waals surface area contributed by atoms with Gasteiger partial charge in [0.15, 0.2) is 17.3 Å². The van der Waals surface area contributed by atoms with Gasteiger partial charge < -0.3 is 19.2 Å². The van der Waals surface area contributed by atoms with Crippen LogP contribution < -0.4 is 14.8 Å². The number of rotatable bonds is 4. The molecule has 0 fully saturated rings. The van der Waals surface area contributed by atoms with E-state index < -0.39 is 0 Å². The maximum absolute atomic E-state index is 13.0. The van der Waals surface area contributed by atoms with Crippen LogP contribution in [0.3, 0.4) is 0 Å². The van der Waals surface area contributed by atoms with Crippen LogP contribution in [0, 0.1) is 12.8 Å². The third kappa shape index (κ3) is 3.44. The van der Waals surface area contributed by atoms with E-state index in [1.165, 1.54) is 0 Å². The van der Waals surface area contributed by atoms with Crippen LogP contribution in [0.5, 0.6) is 11.5 Å². The first-order chi connectivity index (χ1) is 13.5. The van der Waals surface area contributed by atoms with Crippen molar-refractivity contribution in [3.63, 3.8) is 0 Å². The molecular weight excluding hydrogens is 354 g/mol. The molecule has 1 atom stereocenters. The fourth-order valence-electron chi connectivity index (χ4n) is 3.61. The number of ether oxygens (including phenoxy) is 2. The minimum Gasteiger partial charge on any atom is -0.490 e. The molecule has 2 aromatic carbocycles. The number of benzene rings is 2. The first-order valence-electron chi connectivity index (χ1n) is 9.73. The molecule has 1 N–H and O–H groups in total. The average molecular weight is 379 g/mol. The van der Waals surface area contributed by atoms with Gasteiger partial charge in [-0.25, -0.2) is 0 Å². The predicted octanol–water partition coefficient (Wildman–Crippen LogP) is 5.03. The molecule has 1 aliphatic heterocycles. The highest BCUT2D eigenvalue weighted by atomic mass is 16.5. The smallest absolute Gasteiger partial charge is 0.287 e. The summed E-state index contributed by atoms with van der Waals surface area (Å²) < 4.78 is 17.4. The number of hydrogen-bond donors (Lipinski definition) is 1. The Hall–Kier alpha value is -2.95. The lowest BCUT2D eigenvalue weighted by Crippen LogP contribution is -2.31. The van der Waals surface area contributed by atoms with Gasteiger partial charge in [-0.15, -0.1) is 0 Å². The number of para-hydroxylation sites is 1. The number of fused-ring (bicyclic) bond motifs is 2. The molecular formula is C23H25NO4. The summed E-state index contributed by atoms with van der Waals surface area (Å²) in [6.45, 7) is 7.37. The van der Waals surface area contributed by atoms with Gasteiger partial charge in [-0.05, 0) is 36.6 Å². The Morgan fingerprint density at radius 3 is 2.54 bits per heavy atom. The van der Waals surface area contributed by atoms with E-state index in [2.05, 4.69) is 19.2 Å². The molecule has 3 aromatic rings. The van der Waals surface area contributed by atoms with Gasteiger partial charge in [-0.3, -0.25) is 4.79 Å². The van der Waals surface area contributed by atoms with Gasteiger partial charge in [0.1, 0.15) is 5.58 Å². The van der Waals surface area contributed by atoms with Crippen LogP contribution >= 0.6 is 0 Å². The summed E-state index contributed by atoms with van der Waals surface area (Å²) >= 11 is 0. The minimum atomic E-state index is -0.209. The Morgan fingerprint density at radius 1 is 1.04 bits per heavy atom. The highest BCUT2D eigenvalue weighted by Crippen LogP contribution is 2.34. The highest BCUT2D eigenvalue weighted by Gasteiger charge is 2.24. The quantitative estimate of drug-likeness (QED) is 0.691. The van der Waals surface area contributed by atoms with E-state index in [1.807, 2.05) is 49.4 Å². The standard InChI is InChI=1S/C23H25NO4/c1-14(2)21(16-9-10-19-20(13-16)27-12-6-11-26-19)24-23(25)22-15(3)17-7-4-5-8-18(17)28-22/h4-5,7-10,13-14,21H,6,11-12H2,1-3H3,(H,24,25)/t21-/m0/s1. The first-order valence-corrected chi connectivity index (χ1v) is 9.73. The fourth-order valence-corrected chi connectivity index (χ4v) is 3.61. The van der Waals surface area contributed by atoms with E-state index in [0.717, 1.165) is 40.0 Å². The zero-order chi connectivity index (χ0) is 19.7. The predicted molar refractivity (Wildman–Crippen MR) is 108 cm³/mol. The van der Waals surface area contributed by atoms with Crippen molar-refractivity contribution >= 4 is 16.9 Å². The van der Waals surface area contributed by atoms with Crippen molar-refractivity contribution in [2.75, 3.05) is 13.2 Å². The largest absolute Gasteiger partial charge is 0.490 e. The van der Waals surface area contributed by atoms with Crippen molar-refractivity contribution in [1.82, 2.24) is 5.32 Å². The van der Waals surface area contributed by atoms with E-state index >= 15 is 0 Å². The molecule has 5 nitrogen and oxygen atoms in total. The number of amides is 1. The molecule has 0 bridgehead atoms. The highest BCUT2D eigenvalue weighted by molar-refractivity contribution is 5.99. The van der Waals surface area contributed by atoms with Gasteiger partial charge in [-0.1, -0.05) is 38.1 Å². The molecule has 2 heterocycles. The second kappa shape index (κ2) is 7.58. The zero-order valence-corrected chi connectivity index (χ0v) is 16.5. The Balaban J connectivity index is 1.62. The molecule has 0 saturated heterocycles. The van der Waals surface area contributed by atoms with E-state index in [9.17, 15) is 4.79 Å². The second-order valence-electron chi connectivity index (χ2n) is 7.50. The lowest BCUT2D eigenvalue weighted by atomic mass is 9.95. The van der Waals surface area contributed by atoms with Gasteiger partial charge in [0.2, 0.25) is 0 Å². The van der Waals surface area contributed by atoms with Crippen molar-refractivity contribution in [2.45, 2.75) is 33.2 Å². The maximum atomic E-state index is 13.0. The average Bonchev–Trinajstić information content (AvgIpc) is 2.87. The van der Waals surface area contributed by atoms with Crippen LogP contribution in [0.15, 0.2) is 46.9 Å². The monoisotopic (exact) mass is 379 g/mol. The van der Waals surface area contributed by atoms with Crippen molar-refractivity contribution in [3.8, 4) is 11.5 Å². The van der Waals surface area contributed by atoms with Crippen molar-refractivity contribution in [3.05, 3.63) is 59.4 Å². The summed E-state index contributed by atoms with van der Waals surface area (Å²) in [5.41, 5.74) is 2.57. The fraction of sp³-hybridized carbons (Fsp3) is 0.348. The molecule has 28 heavy (non-hydrogen) atoms. The van der Waals surface area contributed by atoms with Crippen molar-refractivity contribution in [2.24, 2.45) is 5.92 Å². The van der Waals surface area contributed by atoms with E-state index in [4.69, 9.17) is 13.9 Å². The number of aryl methyl sites for hydroxylation is 1. The van der Waals surface area contributed by atoms with Gasteiger partial charge in [0.05, 0.1) is 19.3 Å². The summed E-state index contributed by atoms with van der Waals surface area (Å²) in [7, 11) is 0. The van der Waals surface area contributed by atoms with Crippen LogP contribution in [0.1, 0.15) is 48.0 Å². The molecule has 1 aliphatic rings. The number of carbonyl (C=O) groups excluding carboxylic acids is 1. The lowest BCUT2D eigenvalue weighted by Gasteiger charge is -2.23. The minimum absolute atomic E-state index is 0.169. The molecule has 1 aromatic heterocycles. The van der Waals surface area contributed by atoms with Crippen molar-refractivity contribution < 1.29 is 18.7 Å². The van der Waals surface area contributed by atoms with E-state index in [1.54, 1.807) is 0 Å². The summed E-state index contributed by atoms with van der Waals surface area (Å²) in [5.74, 6) is 1.83. The summed E-state index contributed by atoms with van der Waals surface area (Å²) in [4.78, 5) is 13.0. The SMILES string of the molecule is Cc1c(C(=O)N[C@H](c2ccc3c(c2)OCCCO3)C(C)C)oc2ccccc12. The Bertz CT molecular complexity index is 1010. The molecule has 0 unspecified atom stereocenters. The molecule has 1 amide bonds. The summed E-state index contributed by atoms with van der Waals surface area (Å²) in [6.07, 6.45) is 0.861. The van der Waals surface area contributed by atoms with E-state index in [0.29, 0.717) is 19.0 Å². The number of furan rings is 1. The number of carbonyl (C=O) groups is 1. The summed E-state index contributed by atoms with van der Waals surface area (Å²) in [6, 6.07) is 13.4. The third-order valence-electron chi connectivity index (χ3n) is 5.13. The van der Waals surface area contributed by atoms with Crippen LogP contribution in [-0.2, 0) is 0 Å². The van der Waals surface area contributed by atoms with Gasteiger partial charge in [0.25, 0.3) is 5.91 Å². The van der Waals surface area contributed by atoms with Gasteiger partial charge in [-0.2, -0.15) is 0 Å². The lowest BCUT2D eigenvalue weighted by molar-refractivity contribution is 0.0898. The zero-order valence-electron chi connectivity index (χ0n) is 16.5. The molecule has 0 aliphatic carbocycles. The molecule has 0 spiro atoms. The topological polar surface area (TPSA) is 60.7 Å². The van der Waals surface area contributed by atoms with Crippen molar-refractivity contribution in [1.29, 1.82) is 0 Å². The maximum Gasteiger partial charge on any atom is 0.287 e. The molecule has 146 valence electrons. The van der Waals surface area contributed by atoms with Gasteiger partial charge >= 0.3 is 0 Å². The first kappa shape index (κ1) is 18.4. The molecule has 0 radical (unpaired) electrons. The van der Waals surface area contributed by atoms with Crippen LogP contribution in [0.4, 0.5) is 0 Å². The van der Waals surface area contributed by atoms with Crippen LogP contribution in [-0.4, -0.2) is 19.1 Å². The van der Waals surface area contributed by atoms with Crippen LogP contribution in [0.25, 0.3) is 11.0 Å². The number of hydrogen-bond acceptors (Lipinski definition) is 4. The Kier molecular flexibility index (Phi) is 4.99. The normalized spacial score (nSPS) is 14.7.